The first kappa shape index (κ1) is 15.6. The van der Waals surface area contributed by atoms with Crippen LogP contribution >= 0.6 is 23.2 Å². The fraction of sp³-hybridized carbons (Fsp3) is 0.417. The minimum absolute atomic E-state index is 0.0415. The van der Waals surface area contributed by atoms with E-state index in [1.807, 2.05) is 0 Å². The van der Waals surface area contributed by atoms with Crippen LogP contribution in [0, 0.1) is 5.92 Å². The SMILES string of the molecule is CC1C(C(=O)O)CCN1S(=O)(=O)c1cccc(Cl)c1Cl. The van der Waals surface area contributed by atoms with Crippen LogP contribution in [0.2, 0.25) is 10.0 Å². The predicted octanol–water partition coefficient (Wildman–Crippen LogP) is 2.48. The summed E-state index contributed by atoms with van der Waals surface area (Å²) in [7, 11) is -3.85. The second-order valence-corrected chi connectivity index (χ2v) is 7.29. The lowest BCUT2D eigenvalue weighted by Crippen LogP contribution is -2.37. The van der Waals surface area contributed by atoms with Gasteiger partial charge in [0.2, 0.25) is 10.0 Å². The number of carboxylic acid groups (broad SMARTS) is 1. The zero-order chi connectivity index (χ0) is 15.1. The number of hydrogen-bond donors (Lipinski definition) is 1. The molecular weight excluding hydrogens is 325 g/mol. The molecule has 0 saturated carbocycles. The molecule has 1 aromatic rings. The molecule has 8 heteroatoms. The number of hydrogen-bond acceptors (Lipinski definition) is 3. The van der Waals surface area contributed by atoms with Crippen molar-refractivity contribution in [2.24, 2.45) is 5.92 Å². The maximum Gasteiger partial charge on any atom is 0.308 e. The first-order chi connectivity index (χ1) is 9.26. The molecule has 20 heavy (non-hydrogen) atoms. The van der Waals surface area contributed by atoms with E-state index < -0.39 is 28.0 Å². The largest absolute Gasteiger partial charge is 0.481 e. The number of halogens is 2. The van der Waals surface area contributed by atoms with E-state index in [9.17, 15) is 13.2 Å². The second kappa shape index (κ2) is 5.52. The molecule has 1 N–H and O–H groups in total. The number of carboxylic acids is 1. The van der Waals surface area contributed by atoms with Gasteiger partial charge in [-0.1, -0.05) is 29.3 Å². The molecule has 1 heterocycles. The van der Waals surface area contributed by atoms with Crippen LogP contribution in [-0.2, 0) is 14.8 Å². The molecule has 5 nitrogen and oxygen atoms in total. The van der Waals surface area contributed by atoms with Crippen molar-refractivity contribution in [3.05, 3.63) is 28.2 Å². The van der Waals surface area contributed by atoms with Crippen LogP contribution in [0.25, 0.3) is 0 Å². The summed E-state index contributed by atoms with van der Waals surface area (Å²) in [6, 6.07) is 3.74. The van der Waals surface area contributed by atoms with Crippen molar-refractivity contribution in [1.29, 1.82) is 0 Å². The van der Waals surface area contributed by atoms with Gasteiger partial charge in [-0.2, -0.15) is 4.31 Å². The molecule has 2 atom stereocenters. The highest BCUT2D eigenvalue weighted by Gasteiger charge is 2.42. The first-order valence-electron chi connectivity index (χ1n) is 5.95. The maximum absolute atomic E-state index is 12.6. The van der Waals surface area contributed by atoms with Gasteiger partial charge in [0.05, 0.1) is 16.0 Å². The molecule has 0 spiro atoms. The van der Waals surface area contributed by atoms with Gasteiger partial charge in [-0.15, -0.1) is 0 Å². The molecule has 1 aromatic carbocycles. The van der Waals surface area contributed by atoms with Crippen LogP contribution in [0.15, 0.2) is 23.1 Å². The number of sulfonamides is 1. The molecule has 1 aliphatic rings. The van der Waals surface area contributed by atoms with Crippen LogP contribution in [-0.4, -0.2) is 36.4 Å². The third kappa shape index (κ3) is 2.53. The number of aliphatic carboxylic acids is 1. The van der Waals surface area contributed by atoms with Gasteiger partial charge in [-0.3, -0.25) is 4.79 Å². The monoisotopic (exact) mass is 337 g/mol. The van der Waals surface area contributed by atoms with Crippen molar-refractivity contribution in [2.45, 2.75) is 24.3 Å². The first-order valence-corrected chi connectivity index (χ1v) is 8.15. The Bertz CT molecular complexity index is 647. The summed E-state index contributed by atoms with van der Waals surface area (Å²) in [5.74, 6) is -1.70. The molecule has 0 amide bonds. The molecular formula is C12H13Cl2NO4S. The average molecular weight is 338 g/mol. The fourth-order valence-corrected chi connectivity index (χ4v) is 4.81. The Morgan fingerprint density at radius 1 is 1.40 bits per heavy atom. The Balaban J connectivity index is 2.42. The minimum Gasteiger partial charge on any atom is -0.481 e. The van der Waals surface area contributed by atoms with Crippen molar-refractivity contribution in [3.63, 3.8) is 0 Å². The van der Waals surface area contributed by atoms with Gasteiger partial charge in [-0.05, 0) is 25.5 Å². The van der Waals surface area contributed by atoms with Gasteiger partial charge in [0, 0.05) is 12.6 Å². The topological polar surface area (TPSA) is 74.7 Å². The Kier molecular flexibility index (Phi) is 4.30. The third-order valence-electron chi connectivity index (χ3n) is 3.52. The number of rotatable bonds is 3. The number of benzene rings is 1. The van der Waals surface area contributed by atoms with E-state index in [4.69, 9.17) is 28.3 Å². The van der Waals surface area contributed by atoms with E-state index in [2.05, 4.69) is 0 Å². The summed E-state index contributed by atoms with van der Waals surface area (Å²) >= 11 is 11.8. The molecule has 0 aromatic heterocycles. The molecule has 1 aliphatic heterocycles. The lowest BCUT2D eigenvalue weighted by atomic mass is 10.0. The highest BCUT2D eigenvalue weighted by atomic mass is 35.5. The van der Waals surface area contributed by atoms with Gasteiger partial charge < -0.3 is 5.11 Å². The summed E-state index contributed by atoms with van der Waals surface area (Å²) in [4.78, 5) is 11.0. The van der Waals surface area contributed by atoms with Crippen LogP contribution in [0.3, 0.4) is 0 Å². The zero-order valence-corrected chi connectivity index (χ0v) is 12.9. The summed E-state index contributed by atoms with van der Waals surface area (Å²) in [5, 5.41) is 9.17. The second-order valence-electron chi connectivity index (χ2n) is 4.64. The van der Waals surface area contributed by atoms with E-state index in [0.717, 1.165) is 0 Å². The smallest absolute Gasteiger partial charge is 0.308 e. The summed E-state index contributed by atoms with van der Waals surface area (Å²) in [5.41, 5.74) is 0. The normalized spacial score (nSPS) is 23.9. The van der Waals surface area contributed by atoms with Gasteiger partial charge in [0.15, 0.2) is 0 Å². The molecule has 2 unspecified atom stereocenters. The Morgan fingerprint density at radius 3 is 2.60 bits per heavy atom. The van der Waals surface area contributed by atoms with Crippen LogP contribution < -0.4 is 0 Å². The van der Waals surface area contributed by atoms with Crippen molar-refractivity contribution in [1.82, 2.24) is 4.31 Å². The predicted molar refractivity (Wildman–Crippen MR) is 75.6 cm³/mol. The van der Waals surface area contributed by atoms with Crippen molar-refractivity contribution >= 4 is 39.2 Å². The number of nitrogens with zero attached hydrogens (tertiary/aromatic N) is 1. The van der Waals surface area contributed by atoms with Gasteiger partial charge in [0.25, 0.3) is 0 Å². The van der Waals surface area contributed by atoms with Gasteiger partial charge >= 0.3 is 5.97 Å². The fourth-order valence-electron chi connectivity index (χ4n) is 2.39. The molecule has 0 bridgehead atoms. The third-order valence-corrected chi connectivity index (χ3v) is 6.48. The Labute approximate surface area is 127 Å². The van der Waals surface area contributed by atoms with Crippen molar-refractivity contribution in [3.8, 4) is 0 Å². The van der Waals surface area contributed by atoms with Gasteiger partial charge in [0.1, 0.15) is 4.90 Å². The maximum atomic E-state index is 12.6. The quantitative estimate of drug-likeness (QED) is 0.919. The standard InChI is InChI=1S/C12H13Cl2NO4S/c1-7-8(12(16)17)5-6-15(7)20(18,19)10-4-2-3-9(13)11(10)14/h2-4,7-8H,5-6H2,1H3,(H,16,17). The lowest BCUT2D eigenvalue weighted by Gasteiger charge is -2.23. The summed E-state index contributed by atoms with van der Waals surface area (Å²) in [6.07, 6.45) is 0.286. The van der Waals surface area contributed by atoms with Crippen molar-refractivity contribution < 1.29 is 18.3 Å². The molecule has 1 saturated heterocycles. The summed E-state index contributed by atoms with van der Waals surface area (Å²) < 4.78 is 26.3. The van der Waals surface area contributed by atoms with E-state index in [1.165, 1.54) is 22.5 Å². The number of carbonyl (C=O) groups is 1. The summed E-state index contributed by atoms with van der Waals surface area (Å²) in [6.45, 7) is 1.74. The average Bonchev–Trinajstić information content (AvgIpc) is 2.75. The van der Waals surface area contributed by atoms with Crippen LogP contribution in [0.5, 0.6) is 0 Å². The van der Waals surface area contributed by atoms with Crippen LogP contribution in [0.4, 0.5) is 0 Å². The van der Waals surface area contributed by atoms with E-state index in [0.29, 0.717) is 0 Å². The molecule has 0 radical (unpaired) electrons. The molecule has 1 fully saturated rings. The Hall–Kier alpha value is -0.820. The lowest BCUT2D eigenvalue weighted by molar-refractivity contribution is -0.142. The van der Waals surface area contributed by atoms with Gasteiger partial charge in [-0.25, -0.2) is 8.42 Å². The zero-order valence-electron chi connectivity index (χ0n) is 10.6. The Morgan fingerprint density at radius 2 is 2.05 bits per heavy atom. The minimum atomic E-state index is -3.85. The van der Waals surface area contributed by atoms with Crippen molar-refractivity contribution in [2.75, 3.05) is 6.54 Å². The van der Waals surface area contributed by atoms with E-state index >= 15 is 0 Å². The van der Waals surface area contributed by atoms with Crippen LogP contribution in [0.1, 0.15) is 13.3 Å². The van der Waals surface area contributed by atoms with E-state index in [1.54, 1.807) is 6.92 Å². The molecule has 110 valence electrons. The highest BCUT2D eigenvalue weighted by Crippen LogP contribution is 2.35. The molecule has 0 aliphatic carbocycles. The highest BCUT2D eigenvalue weighted by molar-refractivity contribution is 7.89. The molecule has 2 rings (SSSR count). The van der Waals surface area contributed by atoms with E-state index in [-0.39, 0.29) is 27.9 Å².